The Morgan fingerprint density at radius 3 is 2.50 bits per heavy atom. The van der Waals surface area contributed by atoms with Gasteiger partial charge < -0.3 is 20.9 Å². The van der Waals surface area contributed by atoms with E-state index in [4.69, 9.17) is 5.73 Å². The molecule has 0 spiro atoms. The maximum absolute atomic E-state index is 12.8. The van der Waals surface area contributed by atoms with E-state index < -0.39 is 6.03 Å². The third-order valence-corrected chi connectivity index (χ3v) is 5.80. The number of nitrogens with two attached hydrogens (primary N) is 1. The van der Waals surface area contributed by atoms with Crippen LogP contribution >= 0.6 is 0 Å². The van der Waals surface area contributed by atoms with Crippen molar-refractivity contribution in [3.05, 3.63) is 59.7 Å². The van der Waals surface area contributed by atoms with Crippen LogP contribution in [-0.4, -0.2) is 36.5 Å². The number of urea groups is 1. The van der Waals surface area contributed by atoms with Gasteiger partial charge in [0.1, 0.15) is 0 Å². The quantitative estimate of drug-likeness (QED) is 0.858. The predicted molar refractivity (Wildman–Crippen MR) is 110 cm³/mol. The van der Waals surface area contributed by atoms with Crippen LogP contribution in [-0.2, 0) is 17.8 Å². The predicted octanol–water partition coefficient (Wildman–Crippen LogP) is 2.98. The lowest BCUT2D eigenvalue weighted by atomic mass is 9.96. The Morgan fingerprint density at radius 2 is 1.71 bits per heavy atom. The van der Waals surface area contributed by atoms with Gasteiger partial charge in [-0.25, -0.2) is 4.79 Å². The lowest BCUT2D eigenvalue weighted by Crippen LogP contribution is -2.43. The molecule has 3 N–H and O–H groups in total. The molecule has 0 bridgehead atoms. The maximum atomic E-state index is 12.8. The van der Waals surface area contributed by atoms with Crippen molar-refractivity contribution in [3.63, 3.8) is 0 Å². The minimum absolute atomic E-state index is 0.0263. The van der Waals surface area contributed by atoms with Gasteiger partial charge in [-0.05, 0) is 42.5 Å². The van der Waals surface area contributed by atoms with Gasteiger partial charge in [0.05, 0.1) is 0 Å². The van der Waals surface area contributed by atoms with E-state index in [-0.39, 0.29) is 11.8 Å². The molecule has 0 radical (unpaired) electrons. The van der Waals surface area contributed by atoms with Gasteiger partial charge in [0, 0.05) is 43.5 Å². The highest BCUT2D eigenvalue weighted by Crippen LogP contribution is 2.30. The summed E-state index contributed by atoms with van der Waals surface area (Å²) < 4.78 is 0. The van der Waals surface area contributed by atoms with Crippen LogP contribution in [0.1, 0.15) is 24.0 Å². The number of fused-ring (bicyclic) bond motifs is 1. The number of amides is 3. The molecule has 6 nitrogen and oxygen atoms in total. The fraction of sp³-hybridized carbons (Fsp3) is 0.364. The van der Waals surface area contributed by atoms with Gasteiger partial charge in [0.15, 0.2) is 0 Å². The van der Waals surface area contributed by atoms with Crippen molar-refractivity contribution in [1.82, 2.24) is 4.90 Å². The van der Waals surface area contributed by atoms with E-state index in [9.17, 15) is 9.59 Å². The van der Waals surface area contributed by atoms with Gasteiger partial charge >= 0.3 is 6.03 Å². The Bertz CT molecular complexity index is 874. The number of carbonyl (C=O) groups is 2. The molecule has 0 aromatic heterocycles. The summed E-state index contributed by atoms with van der Waals surface area (Å²) in [5.74, 6) is -0.0606. The maximum Gasteiger partial charge on any atom is 0.314 e. The largest absolute Gasteiger partial charge is 0.367 e. The van der Waals surface area contributed by atoms with Gasteiger partial charge in [-0.1, -0.05) is 36.4 Å². The third-order valence-electron chi connectivity index (χ3n) is 5.80. The summed E-state index contributed by atoms with van der Waals surface area (Å²) in [6.07, 6.45) is 2.36. The van der Waals surface area contributed by atoms with E-state index in [1.807, 2.05) is 18.2 Å². The first kappa shape index (κ1) is 18.3. The molecule has 2 aliphatic rings. The van der Waals surface area contributed by atoms with E-state index in [0.29, 0.717) is 25.9 Å². The molecule has 2 aromatic rings. The fourth-order valence-electron chi connectivity index (χ4n) is 4.15. The Hall–Kier alpha value is -3.02. The summed E-state index contributed by atoms with van der Waals surface area (Å²) in [7, 11) is 0. The number of para-hydroxylation sites is 2. The fourth-order valence-corrected chi connectivity index (χ4v) is 4.15. The molecule has 0 unspecified atom stereocenters. The van der Waals surface area contributed by atoms with Crippen molar-refractivity contribution < 1.29 is 9.59 Å². The van der Waals surface area contributed by atoms with E-state index in [1.54, 1.807) is 4.90 Å². The van der Waals surface area contributed by atoms with Crippen molar-refractivity contribution in [2.75, 3.05) is 29.9 Å². The van der Waals surface area contributed by atoms with Crippen LogP contribution in [0.25, 0.3) is 0 Å². The monoisotopic (exact) mass is 378 g/mol. The SMILES string of the molecule is NC(=O)N1CCC(C(=O)Nc2ccccc2CN2CCc3ccccc32)CC1. The highest BCUT2D eigenvalue weighted by atomic mass is 16.2. The Morgan fingerprint density at radius 1 is 1.00 bits per heavy atom. The van der Waals surface area contributed by atoms with Crippen molar-refractivity contribution in [1.29, 1.82) is 0 Å². The molecule has 3 amide bonds. The van der Waals surface area contributed by atoms with Gasteiger partial charge in [-0.2, -0.15) is 0 Å². The van der Waals surface area contributed by atoms with Crippen LogP contribution in [0.4, 0.5) is 16.2 Å². The second kappa shape index (κ2) is 7.92. The normalized spacial score (nSPS) is 16.7. The number of hydrogen-bond acceptors (Lipinski definition) is 3. The zero-order valence-electron chi connectivity index (χ0n) is 15.9. The van der Waals surface area contributed by atoms with Crippen LogP contribution in [0.15, 0.2) is 48.5 Å². The molecule has 1 fully saturated rings. The molecule has 146 valence electrons. The van der Waals surface area contributed by atoms with Gasteiger partial charge in [0.25, 0.3) is 0 Å². The summed E-state index contributed by atoms with van der Waals surface area (Å²) in [5.41, 5.74) is 9.97. The summed E-state index contributed by atoms with van der Waals surface area (Å²) in [6, 6.07) is 16.1. The van der Waals surface area contributed by atoms with Crippen molar-refractivity contribution >= 4 is 23.3 Å². The van der Waals surface area contributed by atoms with Crippen LogP contribution in [0.3, 0.4) is 0 Å². The number of nitrogens with one attached hydrogen (secondary N) is 1. The molecule has 4 rings (SSSR count). The molecule has 28 heavy (non-hydrogen) atoms. The van der Waals surface area contributed by atoms with Crippen molar-refractivity contribution in [3.8, 4) is 0 Å². The molecule has 1 saturated heterocycles. The minimum atomic E-state index is -0.407. The number of rotatable bonds is 4. The molecule has 2 aliphatic heterocycles. The number of benzene rings is 2. The average molecular weight is 378 g/mol. The Labute approximate surface area is 165 Å². The van der Waals surface area contributed by atoms with Gasteiger partial charge in [0.2, 0.25) is 5.91 Å². The Balaban J connectivity index is 1.42. The van der Waals surface area contributed by atoms with E-state index in [2.05, 4.69) is 40.5 Å². The molecule has 6 heteroatoms. The highest BCUT2D eigenvalue weighted by molar-refractivity contribution is 5.93. The van der Waals surface area contributed by atoms with Crippen molar-refractivity contribution in [2.45, 2.75) is 25.8 Å². The number of primary amides is 1. The highest BCUT2D eigenvalue weighted by Gasteiger charge is 2.27. The standard InChI is InChI=1S/C22H26N4O2/c23-22(28)25-12-10-17(11-13-25)21(27)24-19-7-3-1-6-18(19)15-26-14-9-16-5-2-4-8-20(16)26/h1-8,17H,9-15H2,(H2,23,28)(H,24,27). The number of carbonyl (C=O) groups excluding carboxylic acids is 2. The molecule has 2 heterocycles. The Kier molecular flexibility index (Phi) is 5.19. The number of piperidine rings is 1. The topological polar surface area (TPSA) is 78.7 Å². The smallest absolute Gasteiger partial charge is 0.314 e. The number of hydrogen-bond donors (Lipinski definition) is 2. The summed E-state index contributed by atoms with van der Waals surface area (Å²) in [5, 5.41) is 3.12. The number of likely N-dealkylation sites (tertiary alicyclic amines) is 1. The third kappa shape index (κ3) is 3.81. The summed E-state index contributed by atoms with van der Waals surface area (Å²) in [4.78, 5) is 28.0. The summed E-state index contributed by atoms with van der Waals surface area (Å²) >= 11 is 0. The molecule has 0 aliphatic carbocycles. The lowest BCUT2D eigenvalue weighted by molar-refractivity contribution is -0.121. The molecule has 0 atom stereocenters. The van der Waals surface area contributed by atoms with Crippen LogP contribution in [0.5, 0.6) is 0 Å². The van der Waals surface area contributed by atoms with Crippen LogP contribution in [0.2, 0.25) is 0 Å². The molecular formula is C22H26N4O2. The first-order chi connectivity index (χ1) is 13.6. The molecule has 0 saturated carbocycles. The van der Waals surface area contributed by atoms with Gasteiger partial charge in [-0.3, -0.25) is 4.79 Å². The second-order valence-electron chi connectivity index (χ2n) is 7.55. The minimum Gasteiger partial charge on any atom is -0.367 e. The van der Waals surface area contributed by atoms with E-state index >= 15 is 0 Å². The molecular weight excluding hydrogens is 352 g/mol. The van der Waals surface area contributed by atoms with E-state index in [0.717, 1.165) is 30.8 Å². The van der Waals surface area contributed by atoms with Crippen molar-refractivity contribution in [2.24, 2.45) is 11.7 Å². The van der Waals surface area contributed by atoms with Crippen LogP contribution < -0.4 is 16.0 Å². The second-order valence-corrected chi connectivity index (χ2v) is 7.55. The first-order valence-corrected chi connectivity index (χ1v) is 9.88. The average Bonchev–Trinajstić information content (AvgIpc) is 3.12. The van der Waals surface area contributed by atoms with Crippen LogP contribution in [0, 0.1) is 5.92 Å². The first-order valence-electron chi connectivity index (χ1n) is 9.88. The van der Waals surface area contributed by atoms with E-state index in [1.165, 1.54) is 11.3 Å². The molecule has 2 aromatic carbocycles. The number of nitrogens with zero attached hydrogens (tertiary/aromatic N) is 2. The lowest BCUT2D eigenvalue weighted by Gasteiger charge is -2.30. The zero-order chi connectivity index (χ0) is 19.5. The zero-order valence-corrected chi connectivity index (χ0v) is 15.9. The number of anilines is 2. The summed E-state index contributed by atoms with van der Waals surface area (Å²) in [6.45, 7) is 2.85. The van der Waals surface area contributed by atoms with Gasteiger partial charge in [-0.15, -0.1) is 0 Å².